The first kappa shape index (κ1) is 16.9. The van der Waals surface area contributed by atoms with E-state index < -0.39 is 0 Å². The highest BCUT2D eigenvalue weighted by Crippen LogP contribution is 2.36. The molecule has 0 spiro atoms. The van der Waals surface area contributed by atoms with E-state index in [1.165, 1.54) is 24.0 Å². The maximum absolute atomic E-state index is 13.0. The van der Waals surface area contributed by atoms with Gasteiger partial charge in [0.25, 0.3) is 5.91 Å². The highest BCUT2D eigenvalue weighted by Gasteiger charge is 2.24. The fraction of sp³-hybridized carbons (Fsp3) is 0.350. The first-order valence-corrected chi connectivity index (χ1v) is 10.4. The van der Waals surface area contributed by atoms with Crippen LogP contribution in [0.2, 0.25) is 0 Å². The number of thiophene rings is 1. The molecule has 1 atom stereocenters. The molecule has 25 heavy (non-hydrogen) atoms. The van der Waals surface area contributed by atoms with E-state index in [-0.39, 0.29) is 11.9 Å². The number of benzene rings is 1. The van der Waals surface area contributed by atoms with E-state index in [0.717, 1.165) is 27.8 Å². The number of rotatable bonds is 5. The molecule has 1 aliphatic carbocycles. The predicted molar refractivity (Wildman–Crippen MR) is 107 cm³/mol. The number of carbonyl (C=O) groups excluding carboxylic acids is 1. The molecule has 0 saturated heterocycles. The first-order valence-electron chi connectivity index (χ1n) is 8.75. The molecule has 5 heteroatoms. The molecule has 1 fully saturated rings. The summed E-state index contributed by atoms with van der Waals surface area (Å²) in [6.45, 7) is 2.96. The van der Waals surface area contributed by atoms with Gasteiger partial charge in [-0.05, 0) is 53.2 Å². The summed E-state index contributed by atoms with van der Waals surface area (Å²) in [6, 6.07) is 12.1. The second-order valence-corrected chi connectivity index (χ2v) is 8.61. The molecule has 1 amide bonds. The van der Waals surface area contributed by atoms with E-state index in [4.69, 9.17) is 0 Å². The van der Waals surface area contributed by atoms with Crippen molar-refractivity contribution < 1.29 is 4.79 Å². The lowest BCUT2D eigenvalue weighted by Gasteiger charge is -2.27. The van der Waals surface area contributed by atoms with Crippen LogP contribution in [0.3, 0.4) is 0 Å². The van der Waals surface area contributed by atoms with Crippen molar-refractivity contribution in [2.75, 3.05) is 0 Å². The fourth-order valence-electron chi connectivity index (χ4n) is 3.44. The lowest BCUT2D eigenvalue weighted by atomic mass is 9.85. The number of carbonyl (C=O) groups is 1. The van der Waals surface area contributed by atoms with Crippen molar-refractivity contribution >= 4 is 43.4 Å². The number of aromatic nitrogens is 1. The maximum Gasteiger partial charge on any atom is 0.268 e. The van der Waals surface area contributed by atoms with Crippen LogP contribution in [0.15, 0.2) is 46.3 Å². The van der Waals surface area contributed by atoms with Gasteiger partial charge in [0.05, 0.1) is 20.7 Å². The van der Waals surface area contributed by atoms with Gasteiger partial charge in [0.2, 0.25) is 0 Å². The Balaban J connectivity index is 1.63. The van der Waals surface area contributed by atoms with Gasteiger partial charge in [-0.25, -0.2) is 0 Å². The van der Waals surface area contributed by atoms with E-state index in [2.05, 4.69) is 31.2 Å². The molecule has 130 valence electrons. The van der Waals surface area contributed by atoms with Crippen molar-refractivity contribution in [3.8, 4) is 0 Å². The van der Waals surface area contributed by atoms with Crippen LogP contribution in [0.1, 0.15) is 48.3 Å². The van der Waals surface area contributed by atoms with Crippen molar-refractivity contribution in [2.24, 2.45) is 5.92 Å². The fourth-order valence-corrected chi connectivity index (χ4v) is 5.13. The van der Waals surface area contributed by atoms with Gasteiger partial charge in [-0.15, -0.1) is 11.3 Å². The summed E-state index contributed by atoms with van der Waals surface area (Å²) < 4.78 is 4.47. The molecule has 1 aromatic carbocycles. The molecule has 0 radical (unpaired) electrons. The number of fused-ring (bicyclic) bond motifs is 1. The van der Waals surface area contributed by atoms with E-state index in [1.54, 1.807) is 11.3 Å². The van der Waals surface area contributed by atoms with Crippen molar-refractivity contribution in [2.45, 2.75) is 38.8 Å². The van der Waals surface area contributed by atoms with Crippen molar-refractivity contribution in [1.29, 1.82) is 0 Å². The van der Waals surface area contributed by atoms with Crippen LogP contribution in [-0.4, -0.2) is 10.5 Å². The van der Waals surface area contributed by atoms with Gasteiger partial charge in [0, 0.05) is 11.9 Å². The molecule has 2 aromatic heterocycles. The smallest absolute Gasteiger partial charge is 0.268 e. The number of hydrogen-bond acceptors (Lipinski definition) is 2. The summed E-state index contributed by atoms with van der Waals surface area (Å²) in [5, 5.41) is 5.27. The first-order chi connectivity index (χ1) is 12.1. The van der Waals surface area contributed by atoms with Gasteiger partial charge in [-0.2, -0.15) is 0 Å². The molecule has 1 aliphatic rings. The van der Waals surface area contributed by atoms with Crippen LogP contribution < -0.4 is 5.32 Å². The summed E-state index contributed by atoms with van der Waals surface area (Å²) in [5.41, 5.74) is 3.06. The van der Waals surface area contributed by atoms with Gasteiger partial charge >= 0.3 is 0 Å². The van der Waals surface area contributed by atoms with Gasteiger partial charge in [0.1, 0.15) is 5.69 Å². The van der Waals surface area contributed by atoms with Crippen LogP contribution in [0, 0.1) is 5.92 Å². The third-order valence-corrected chi connectivity index (χ3v) is 6.95. The molecule has 0 aliphatic heterocycles. The number of amides is 1. The summed E-state index contributed by atoms with van der Waals surface area (Å²) in [5.74, 6) is 0.700. The summed E-state index contributed by atoms with van der Waals surface area (Å²) in [6.07, 6.45) is 3.85. The molecular formula is C20H21BrN2OS. The average molecular weight is 417 g/mol. The van der Waals surface area contributed by atoms with Crippen LogP contribution >= 0.6 is 27.3 Å². The summed E-state index contributed by atoms with van der Waals surface area (Å²) >= 11 is 5.34. The van der Waals surface area contributed by atoms with Crippen LogP contribution in [0.4, 0.5) is 0 Å². The van der Waals surface area contributed by atoms with E-state index >= 15 is 0 Å². The molecule has 1 saturated carbocycles. The number of nitrogens with zero attached hydrogens (tertiary/aromatic N) is 1. The predicted octanol–water partition coefficient (Wildman–Crippen LogP) is 5.76. The molecule has 1 N–H and O–H groups in total. The Bertz CT molecular complexity index is 895. The molecule has 3 nitrogen and oxygen atoms in total. The minimum absolute atomic E-state index is 0.00553. The van der Waals surface area contributed by atoms with Crippen LogP contribution in [-0.2, 0) is 6.54 Å². The second-order valence-electron chi connectivity index (χ2n) is 6.84. The zero-order valence-corrected chi connectivity index (χ0v) is 16.6. The van der Waals surface area contributed by atoms with Crippen LogP contribution in [0.5, 0.6) is 0 Å². The average Bonchev–Trinajstić information content (AvgIpc) is 3.12. The Morgan fingerprint density at radius 1 is 1.36 bits per heavy atom. The Hall–Kier alpha value is -1.59. The Morgan fingerprint density at radius 3 is 2.80 bits per heavy atom. The van der Waals surface area contributed by atoms with Crippen LogP contribution in [0.25, 0.3) is 10.2 Å². The molecular weight excluding hydrogens is 396 g/mol. The van der Waals surface area contributed by atoms with Crippen molar-refractivity contribution in [3.05, 3.63) is 57.5 Å². The van der Waals surface area contributed by atoms with Crippen molar-refractivity contribution in [1.82, 2.24) is 9.88 Å². The topological polar surface area (TPSA) is 34.0 Å². The Kier molecular flexibility index (Phi) is 4.69. The van der Waals surface area contributed by atoms with Gasteiger partial charge in [-0.1, -0.05) is 36.8 Å². The Morgan fingerprint density at radius 2 is 2.12 bits per heavy atom. The molecule has 4 rings (SSSR count). The quantitative estimate of drug-likeness (QED) is 0.563. The third kappa shape index (κ3) is 3.27. The zero-order valence-electron chi connectivity index (χ0n) is 14.2. The van der Waals surface area contributed by atoms with E-state index in [1.807, 2.05) is 43.3 Å². The highest BCUT2D eigenvalue weighted by atomic mass is 79.9. The second kappa shape index (κ2) is 6.96. The maximum atomic E-state index is 13.0. The largest absolute Gasteiger partial charge is 0.344 e. The standard InChI is InChI=1S/C20H21BrN2OS/c1-13(15-8-3-2-4-9-15)22-20(24)17-10-18-19(16(21)12-25-18)23(17)11-14-6-5-7-14/h2-4,8-10,12-14H,5-7,11H2,1H3,(H,22,24)/t13-/m0/s1. The number of hydrogen-bond donors (Lipinski definition) is 1. The SMILES string of the molecule is C[C@H](NC(=O)c1cc2scc(Br)c2n1CC1CCC1)c1ccccc1. The molecule has 0 bridgehead atoms. The number of nitrogens with one attached hydrogen (secondary N) is 1. The van der Waals surface area contributed by atoms with Gasteiger partial charge in [0.15, 0.2) is 0 Å². The van der Waals surface area contributed by atoms with Gasteiger partial charge in [-0.3, -0.25) is 4.79 Å². The molecule has 0 unspecified atom stereocenters. The van der Waals surface area contributed by atoms with E-state index in [9.17, 15) is 4.79 Å². The lowest BCUT2D eigenvalue weighted by molar-refractivity contribution is 0.0928. The zero-order chi connectivity index (χ0) is 17.4. The molecule has 2 heterocycles. The normalized spacial score (nSPS) is 15.9. The summed E-state index contributed by atoms with van der Waals surface area (Å²) in [4.78, 5) is 13.0. The van der Waals surface area contributed by atoms with E-state index in [0.29, 0.717) is 5.92 Å². The minimum atomic E-state index is -0.0118. The Labute approximate surface area is 160 Å². The summed E-state index contributed by atoms with van der Waals surface area (Å²) in [7, 11) is 0. The van der Waals surface area contributed by atoms with Crippen molar-refractivity contribution in [3.63, 3.8) is 0 Å². The lowest BCUT2D eigenvalue weighted by Crippen LogP contribution is -2.30. The van der Waals surface area contributed by atoms with Gasteiger partial charge < -0.3 is 9.88 Å². The number of halogens is 1. The molecule has 3 aromatic rings. The monoisotopic (exact) mass is 416 g/mol. The minimum Gasteiger partial charge on any atom is -0.344 e. The highest BCUT2D eigenvalue weighted by molar-refractivity contribution is 9.10. The third-order valence-electron chi connectivity index (χ3n) is 5.12.